The molecule has 9 heavy (non-hydrogen) atoms. The lowest BCUT2D eigenvalue weighted by molar-refractivity contribution is 0.179. The van der Waals surface area contributed by atoms with Crippen molar-refractivity contribution < 1.29 is 4.74 Å². The number of hydrogen-bond acceptors (Lipinski definition) is 2. The van der Waals surface area contributed by atoms with Crippen LogP contribution in [0.25, 0.3) is 0 Å². The van der Waals surface area contributed by atoms with Crippen molar-refractivity contribution in [3.05, 3.63) is 0 Å². The highest BCUT2D eigenvalue weighted by Gasteiger charge is 2.54. The van der Waals surface area contributed by atoms with Crippen molar-refractivity contribution in [2.75, 3.05) is 19.8 Å². The van der Waals surface area contributed by atoms with Gasteiger partial charge in [0.25, 0.3) is 0 Å². The maximum atomic E-state index is 5.53. The monoisotopic (exact) mass is 127 g/mol. The minimum Gasteiger partial charge on any atom is -0.381 e. The highest BCUT2D eigenvalue weighted by molar-refractivity contribution is 5.04. The molecule has 1 aliphatic heterocycles. The molecule has 0 aromatic rings. The van der Waals surface area contributed by atoms with E-state index in [1.54, 1.807) is 0 Å². The molecule has 1 saturated heterocycles. The Morgan fingerprint density at radius 3 is 3.00 bits per heavy atom. The second kappa shape index (κ2) is 1.70. The molecule has 1 heterocycles. The molecule has 2 nitrogen and oxygen atoms in total. The van der Waals surface area contributed by atoms with Crippen LogP contribution in [0.3, 0.4) is 0 Å². The molecule has 2 atom stereocenters. The van der Waals surface area contributed by atoms with Crippen molar-refractivity contribution in [1.29, 1.82) is 0 Å². The summed E-state index contributed by atoms with van der Waals surface area (Å²) < 4.78 is 5.30. The molecule has 0 amide bonds. The summed E-state index contributed by atoms with van der Waals surface area (Å²) >= 11 is 0. The first-order chi connectivity index (χ1) is 4.37. The predicted molar refractivity (Wildman–Crippen MR) is 35.0 cm³/mol. The van der Waals surface area contributed by atoms with Gasteiger partial charge >= 0.3 is 0 Å². The van der Waals surface area contributed by atoms with E-state index in [2.05, 4.69) is 0 Å². The van der Waals surface area contributed by atoms with Crippen LogP contribution in [-0.2, 0) is 4.74 Å². The lowest BCUT2D eigenvalue weighted by Crippen LogP contribution is -2.10. The average Bonchev–Trinajstić information content (AvgIpc) is 2.30. The molecule has 2 heteroatoms. The standard InChI is InChI=1S/C7H13NO/c8-4-6-3-7(6)1-2-9-5-7/h6H,1-5,8H2/t6-,7+/m1/s1. The third-order valence-electron chi connectivity index (χ3n) is 2.78. The molecule has 0 radical (unpaired) electrons. The molecule has 0 aromatic carbocycles. The number of ether oxygens (including phenoxy) is 1. The summed E-state index contributed by atoms with van der Waals surface area (Å²) in [5.41, 5.74) is 6.10. The van der Waals surface area contributed by atoms with Gasteiger partial charge in [0.15, 0.2) is 0 Å². The van der Waals surface area contributed by atoms with Crippen LogP contribution >= 0.6 is 0 Å². The lowest BCUT2D eigenvalue weighted by Gasteiger charge is -2.01. The summed E-state index contributed by atoms with van der Waals surface area (Å²) in [7, 11) is 0. The zero-order valence-corrected chi connectivity index (χ0v) is 5.60. The normalized spacial score (nSPS) is 48.3. The largest absolute Gasteiger partial charge is 0.381 e. The van der Waals surface area contributed by atoms with Gasteiger partial charge in [0, 0.05) is 12.0 Å². The van der Waals surface area contributed by atoms with Gasteiger partial charge < -0.3 is 10.5 Å². The Hall–Kier alpha value is -0.0800. The van der Waals surface area contributed by atoms with E-state index in [-0.39, 0.29) is 0 Å². The van der Waals surface area contributed by atoms with Crippen molar-refractivity contribution in [1.82, 2.24) is 0 Å². The van der Waals surface area contributed by atoms with Crippen molar-refractivity contribution in [2.45, 2.75) is 12.8 Å². The second-order valence-electron chi connectivity index (χ2n) is 3.30. The predicted octanol–water partition coefficient (Wildman–Crippen LogP) is 0.372. The third-order valence-corrected chi connectivity index (χ3v) is 2.78. The molecule has 0 aromatic heterocycles. The second-order valence-corrected chi connectivity index (χ2v) is 3.30. The fourth-order valence-electron chi connectivity index (χ4n) is 1.87. The summed E-state index contributed by atoms with van der Waals surface area (Å²) in [5, 5.41) is 0. The van der Waals surface area contributed by atoms with Gasteiger partial charge in [-0.15, -0.1) is 0 Å². The first kappa shape index (κ1) is 5.69. The zero-order chi connectivity index (χ0) is 6.32. The van der Waals surface area contributed by atoms with Crippen molar-refractivity contribution in [2.24, 2.45) is 17.1 Å². The zero-order valence-electron chi connectivity index (χ0n) is 5.60. The Morgan fingerprint density at radius 1 is 1.67 bits per heavy atom. The molecule has 52 valence electrons. The molecule has 0 unspecified atom stereocenters. The summed E-state index contributed by atoms with van der Waals surface area (Å²) in [6.07, 6.45) is 2.58. The number of nitrogens with two attached hydrogens (primary N) is 1. The smallest absolute Gasteiger partial charge is 0.0526 e. The van der Waals surface area contributed by atoms with Crippen LogP contribution in [0.4, 0.5) is 0 Å². The van der Waals surface area contributed by atoms with Gasteiger partial charge in [-0.1, -0.05) is 0 Å². The maximum Gasteiger partial charge on any atom is 0.0526 e. The highest BCUT2D eigenvalue weighted by atomic mass is 16.5. The van der Waals surface area contributed by atoms with Crippen LogP contribution in [0.2, 0.25) is 0 Å². The van der Waals surface area contributed by atoms with Crippen LogP contribution in [0, 0.1) is 11.3 Å². The van der Waals surface area contributed by atoms with E-state index in [0.29, 0.717) is 5.41 Å². The molecule has 2 N–H and O–H groups in total. The van der Waals surface area contributed by atoms with Crippen molar-refractivity contribution in [3.8, 4) is 0 Å². The van der Waals surface area contributed by atoms with Gasteiger partial charge in [0.05, 0.1) is 6.61 Å². The summed E-state index contributed by atoms with van der Waals surface area (Å²) in [6, 6.07) is 0. The van der Waals surface area contributed by atoms with Crippen LogP contribution in [-0.4, -0.2) is 19.8 Å². The van der Waals surface area contributed by atoms with Gasteiger partial charge in [-0.2, -0.15) is 0 Å². The number of rotatable bonds is 1. The number of hydrogen-bond donors (Lipinski definition) is 1. The Labute approximate surface area is 55.4 Å². The maximum absolute atomic E-state index is 5.53. The minimum absolute atomic E-state index is 0.564. The van der Waals surface area contributed by atoms with Gasteiger partial charge in [-0.05, 0) is 25.3 Å². The molecular formula is C7H13NO. The van der Waals surface area contributed by atoms with E-state index in [1.165, 1.54) is 12.8 Å². The van der Waals surface area contributed by atoms with E-state index in [9.17, 15) is 0 Å². The van der Waals surface area contributed by atoms with Gasteiger partial charge in [-0.3, -0.25) is 0 Å². The minimum atomic E-state index is 0.564. The average molecular weight is 127 g/mol. The summed E-state index contributed by atoms with van der Waals surface area (Å²) in [5.74, 6) is 0.792. The van der Waals surface area contributed by atoms with Gasteiger partial charge in [-0.25, -0.2) is 0 Å². The van der Waals surface area contributed by atoms with E-state index < -0.39 is 0 Å². The topological polar surface area (TPSA) is 35.2 Å². The van der Waals surface area contributed by atoms with Gasteiger partial charge in [0.2, 0.25) is 0 Å². The van der Waals surface area contributed by atoms with Crippen molar-refractivity contribution >= 4 is 0 Å². The van der Waals surface area contributed by atoms with E-state index in [0.717, 1.165) is 25.7 Å². The third kappa shape index (κ3) is 0.700. The molecule has 2 aliphatic rings. The SMILES string of the molecule is NC[C@H]1C[C@]12CCOC2. The Kier molecular flexibility index (Phi) is 1.08. The molecular weight excluding hydrogens is 114 g/mol. The summed E-state index contributed by atoms with van der Waals surface area (Å²) in [6.45, 7) is 2.81. The van der Waals surface area contributed by atoms with Crippen LogP contribution in [0.1, 0.15) is 12.8 Å². The molecule has 2 fully saturated rings. The quantitative estimate of drug-likeness (QED) is 0.552. The van der Waals surface area contributed by atoms with E-state index in [1.807, 2.05) is 0 Å². The Balaban J connectivity index is 1.97. The van der Waals surface area contributed by atoms with Crippen LogP contribution in [0.5, 0.6) is 0 Å². The Bertz CT molecular complexity index is 118. The molecule has 2 rings (SSSR count). The fourth-order valence-corrected chi connectivity index (χ4v) is 1.87. The molecule has 1 aliphatic carbocycles. The van der Waals surface area contributed by atoms with Crippen LogP contribution < -0.4 is 5.73 Å². The van der Waals surface area contributed by atoms with E-state index >= 15 is 0 Å². The Morgan fingerprint density at radius 2 is 2.56 bits per heavy atom. The first-order valence-corrected chi connectivity index (χ1v) is 3.65. The molecule has 1 spiro atoms. The highest BCUT2D eigenvalue weighted by Crippen LogP contribution is 2.57. The van der Waals surface area contributed by atoms with Crippen molar-refractivity contribution in [3.63, 3.8) is 0 Å². The first-order valence-electron chi connectivity index (χ1n) is 3.65. The molecule has 1 saturated carbocycles. The lowest BCUT2D eigenvalue weighted by atomic mass is 10.0. The van der Waals surface area contributed by atoms with Gasteiger partial charge in [0.1, 0.15) is 0 Å². The van der Waals surface area contributed by atoms with Crippen LogP contribution in [0.15, 0.2) is 0 Å². The molecule has 0 bridgehead atoms. The summed E-state index contributed by atoms with van der Waals surface area (Å²) in [4.78, 5) is 0. The van der Waals surface area contributed by atoms with E-state index in [4.69, 9.17) is 10.5 Å². The fraction of sp³-hybridized carbons (Fsp3) is 1.00.